The Kier molecular flexibility index (Phi) is 4.35. The van der Waals surface area contributed by atoms with E-state index in [4.69, 9.17) is 23.8 Å². The summed E-state index contributed by atoms with van der Waals surface area (Å²) in [6, 6.07) is 12.0. The van der Waals surface area contributed by atoms with Gasteiger partial charge < -0.3 is 10.6 Å². The standard InChI is InChI=1S/C14H12ClFN2S/c1-9-5-6-13(12(16)7-9)18-14(19)17-11-4-2-3-10(15)8-11/h2-8H,1H3,(H2,17,18,19). The molecule has 2 aromatic carbocycles. The third kappa shape index (κ3) is 3.91. The molecule has 0 amide bonds. The van der Waals surface area contributed by atoms with Crippen molar-refractivity contribution in [3.8, 4) is 0 Å². The van der Waals surface area contributed by atoms with Crippen molar-refractivity contribution in [3.63, 3.8) is 0 Å². The number of anilines is 2. The molecule has 2 nitrogen and oxygen atoms in total. The van der Waals surface area contributed by atoms with E-state index in [2.05, 4.69) is 10.6 Å². The molecule has 0 bridgehead atoms. The second-order valence-electron chi connectivity index (χ2n) is 4.07. The van der Waals surface area contributed by atoms with Gasteiger partial charge in [-0.3, -0.25) is 0 Å². The summed E-state index contributed by atoms with van der Waals surface area (Å²) in [4.78, 5) is 0. The maximum absolute atomic E-state index is 13.6. The molecule has 0 unspecified atom stereocenters. The molecule has 0 saturated carbocycles. The highest BCUT2D eigenvalue weighted by Crippen LogP contribution is 2.17. The van der Waals surface area contributed by atoms with E-state index in [1.807, 2.05) is 19.1 Å². The summed E-state index contributed by atoms with van der Waals surface area (Å²) in [6.45, 7) is 1.83. The Morgan fingerprint density at radius 2 is 1.95 bits per heavy atom. The van der Waals surface area contributed by atoms with E-state index in [0.717, 1.165) is 11.3 Å². The van der Waals surface area contributed by atoms with E-state index in [1.165, 1.54) is 6.07 Å². The Hall–Kier alpha value is -1.65. The number of nitrogens with one attached hydrogen (secondary N) is 2. The zero-order chi connectivity index (χ0) is 13.8. The maximum atomic E-state index is 13.6. The first-order valence-electron chi connectivity index (χ1n) is 5.64. The minimum Gasteiger partial charge on any atom is -0.332 e. The van der Waals surface area contributed by atoms with E-state index < -0.39 is 0 Å². The highest BCUT2D eigenvalue weighted by Gasteiger charge is 2.04. The molecule has 2 aromatic rings. The van der Waals surface area contributed by atoms with Crippen LogP contribution in [0.3, 0.4) is 0 Å². The predicted molar refractivity (Wildman–Crippen MR) is 82.4 cm³/mol. The molecule has 2 rings (SSSR count). The summed E-state index contributed by atoms with van der Waals surface area (Å²) < 4.78 is 13.6. The maximum Gasteiger partial charge on any atom is 0.175 e. The lowest BCUT2D eigenvalue weighted by atomic mass is 10.2. The van der Waals surface area contributed by atoms with Gasteiger partial charge in [-0.05, 0) is 55.0 Å². The predicted octanol–water partition coefficient (Wildman–Crippen LogP) is 4.60. The number of thiocarbonyl (C=S) groups is 1. The fourth-order valence-corrected chi connectivity index (χ4v) is 1.99. The van der Waals surface area contributed by atoms with Crippen LogP contribution in [0.5, 0.6) is 0 Å². The SMILES string of the molecule is Cc1ccc(NC(=S)Nc2cccc(Cl)c2)c(F)c1. The molecule has 0 saturated heterocycles. The van der Waals surface area contributed by atoms with Gasteiger partial charge in [0.25, 0.3) is 0 Å². The van der Waals surface area contributed by atoms with Crippen molar-refractivity contribution in [2.75, 3.05) is 10.6 Å². The van der Waals surface area contributed by atoms with Gasteiger partial charge in [-0.1, -0.05) is 23.7 Å². The molecule has 5 heteroatoms. The van der Waals surface area contributed by atoms with E-state index in [0.29, 0.717) is 15.8 Å². The van der Waals surface area contributed by atoms with Gasteiger partial charge >= 0.3 is 0 Å². The van der Waals surface area contributed by atoms with Crippen LogP contribution in [-0.4, -0.2) is 5.11 Å². The summed E-state index contributed by atoms with van der Waals surface area (Å²) in [5.74, 6) is -0.338. The Balaban J connectivity index is 2.05. The second-order valence-corrected chi connectivity index (χ2v) is 4.92. The van der Waals surface area contributed by atoms with Crippen LogP contribution in [0.4, 0.5) is 15.8 Å². The molecular formula is C14H12ClFN2S. The molecular weight excluding hydrogens is 283 g/mol. The van der Waals surface area contributed by atoms with Crippen LogP contribution in [0, 0.1) is 12.7 Å². The highest BCUT2D eigenvalue weighted by atomic mass is 35.5. The van der Waals surface area contributed by atoms with Crippen molar-refractivity contribution < 1.29 is 4.39 Å². The van der Waals surface area contributed by atoms with E-state index in [9.17, 15) is 4.39 Å². The summed E-state index contributed by atoms with van der Waals surface area (Å²) in [5.41, 5.74) is 1.94. The van der Waals surface area contributed by atoms with Gasteiger partial charge in [-0.25, -0.2) is 4.39 Å². The van der Waals surface area contributed by atoms with E-state index in [-0.39, 0.29) is 5.82 Å². The molecule has 2 N–H and O–H groups in total. The van der Waals surface area contributed by atoms with Gasteiger partial charge in [0.1, 0.15) is 5.82 Å². The number of benzene rings is 2. The van der Waals surface area contributed by atoms with E-state index in [1.54, 1.807) is 24.3 Å². The molecule has 0 aliphatic heterocycles. The van der Waals surface area contributed by atoms with Gasteiger partial charge in [-0.2, -0.15) is 0 Å². The van der Waals surface area contributed by atoms with Crippen molar-refractivity contribution in [2.45, 2.75) is 6.92 Å². The number of rotatable bonds is 2. The first-order valence-corrected chi connectivity index (χ1v) is 6.43. The molecule has 19 heavy (non-hydrogen) atoms. The molecule has 0 aliphatic carbocycles. The minimum absolute atomic E-state index is 0.310. The largest absolute Gasteiger partial charge is 0.332 e. The Morgan fingerprint density at radius 3 is 2.63 bits per heavy atom. The Bertz CT molecular complexity index is 616. The molecule has 0 fully saturated rings. The first-order chi connectivity index (χ1) is 9.04. The monoisotopic (exact) mass is 294 g/mol. The molecule has 0 heterocycles. The minimum atomic E-state index is -0.338. The lowest BCUT2D eigenvalue weighted by molar-refractivity contribution is 0.631. The summed E-state index contributed by atoms with van der Waals surface area (Å²) >= 11 is 11.0. The third-order valence-electron chi connectivity index (χ3n) is 2.46. The topological polar surface area (TPSA) is 24.1 Å². The van der Waals surface area contributed by atoms with E-state index >= 15 is 0 Å². The quantitative estimate of drug-likeness (QED) is 0.792. The van der Waals surface area contributed by atoms with Crippen molar-refractivity contribution in [3.05, 3.63) is 58.9 Å². The smallest absolute Gasteiger partial charge is 0.175 e. The first kappa shape index (κ1) is 13.8. The lowest BCUT2D eigenvalue weighted by Gasteiger charge is -2.11. The molecule has 0 radical (unpaired) electrons. The van der Waals surface area contributed by atoms with Gasteiger partial charge in [0, 0.05) is 10.7 Å². The molecule has 0 spiro atoms. The van der Waals surface area contributed by atoms with Crippen LogP contribution in [0.15, 0.2) is 42.5 Å². The summed E-state index contributed by atoms with van der Waals surface area (Å²) in [6.07, 6.45) is 0. The van der Waals surface area contributed by atoms with Crippen LogP contribution < -0.4 is 10.6 Å². The van der Waals surface area contributed by atoms with Crippen molar-refractivity contribution >= 4 is 40.3 Å². The third-order valence-corrected chi connectivity index (χ3v) is 2.89. The fourth-order valence-electron chi connectivity index (χ4n) is 1.57. The zero-order valence-electron chi connectivity index (χ0n) is 10.2. The average Bonchev–Trinajstić information content (AvgIpc) is 2.33. The number of hydrogen-bond acceptors (Lipinski definition) is 1. The van der Waals surface area contributed by atoms with Gasteiger partial charge in [0.15, 0.2) is 5.11 Å². The number of hydrogen-bond donors (Lipinski definition) is 2. The lowest BCUT2D eigenvalue weighted by Crippen LogP contribution is -2.19. The fraction of sp³-hybridized carbons (Fsp3) is 0.0714. The van der Waals surface area contributed by atoms with Gasteiger partial charge in [0.2, 0.25) is 0 Å². The average molecular weight is 295 g/mol. The van der Waals surface area contributed by atoms with Gasteiger partial charge in [0.05, 0.1) is 5.69 Å². The van der Waals surface area contributed by atoms with Crippen molar-refractivity contribution in [1.29, 1.82) is 0 Å². The Labute approximate surface area is 121 Å². The summed E-state index contributed by atoms with van der Waals surface area (Å²) in [5, 5.41) is 6.67. The van der Waals surface area contributed by atoms with Crippen LogP contribution in [0.25, 0.3) is 0 Å². The number of halogens is 2. The highest BCUT2D eigenvalue weighted by molar-refractivity contribution is 7.80. The molecule has 0 aliphatic rings. The normalized spacial score (nSPS) is 10.1. The molecule has 98 valence electrons. The van der Waals surface area contributed by atoms with Crippen LogP contribution in [-0.2, 0) is 0 Å². The van der Waals surface area contributed by atoms with Crippen molar-refractivity contribution in [1.82, 2.24) is 0 Å². The van der Waals surface area contributed by atoms with Crippen LogP contribution in [0.1, 0.15) is 5.56 Å². The molecule has 0 atom stereocenters. The van der Waals surface area contributed by atoms with Crippen LogP contribution >= 0.6 is 23.8 Å². The molecule has 0 aromatic heterocycles. The zero-order valence-corrected chi connectivity index (χ0v) is 11.8. The number of aryl methyl sites for hydroxylation is 1. The van der Waals surface area contributed by atoms with Gasteiger partial charge in [-0.15, -0.1) is 0 Å². The van der Waals surface area contributed by atoms with Crippen molar-refractivity contribution in [2.24, 2.45) is 0 Å². The van der Waals surface area contributed by atoms with Crippen LogP contribution in [0.2, 0.25) is 5.02 Å². The summed E-state index contributed by atoms with van der Waals surface area (Å²) in [7, 11) is 0. The second kappa shape index (κ2) is 5.99. The Morgan fingerprint density at radius 1 is 1.16 bits per heavy atom.